The highest BCUT2D eigenvalue weighted by molar-refractivity contribution is 6.04. The SMILES string of the molecule is CC(=O)Oc1cc2c(c3ccccc13)-c1ccccc1C2. The second-order valence-electron chi connectivity index (χ2n) is 5.38. The first-order valence-electron chi connectivity index (χ1n) is 7.05. The third-order valence-electron chi connectivity index (χ3n) is 4.01. The van der Waals surface area contributed by atoms with E-state index in [1.165, 1.54) is 29.2 Å². The molecular formula is C19H14O2. The Bertz CT molecular complexity index is 878. The number of hydrogen-bond donors (Lipinski definition) is 0. The molecule has 2 heteroatoms. The minimum absolute atomic E-state index is 0.282. The van der Waals surface area contributed by atoms with Crippen molar-refractivity contribution >= 4 is 16.7 Å². The molecule has 0 aliphatic heterocycles. The molecule has 0 saturated carbocycles. The van der Waals surface area contributed by atoms with Gasteiger partial charge >= 0.3 is 5.97 Å². The van der Waals surface area contributed by atoms with Crippen molar-refractivity contribution in [1.29, 1.82) is 0 Å². The summed E-state index contributed by atoms with van der Waals surface area (Å²) in [6.45, 7) is 1.44. The average Bonchev–Trinajstić information content (AvgIpc) is 2.85. The highest BCUT2D eigenvalue weighted by atomic mass is 16.5. The zero-order valence-corrected chi connectivity index (χ0v) is 11.7. The van der Waals surface area contributed by atoms with E-state index in [0.717, 1.165) is 17.2 Å². The number of hydrogen-bond acceptors (Lipinski definition) is 2. The molecule has 0 fully saturated rings. The molecule has 1 aliphatic rings. The fourth-order valence-corrected chi connectivity index (χ4v) is 3.22. The molecule has 0 unspecified atom stereocenters. The summed E-state index contributed by atoms with van der Waals surface area (Å²) in [5.41, 5.74) is 5.12. The fraction of sp³-hybridized carbons (Fsp3) is 0.105. The Hall–Kier alpha value is -2.61. The predicted octanol–water partition coefficient (Wildman–Crippen LogP) is 4.34. The molecule has 0 spiro atoms. The van der Waals surface area contributed by atoms with Crippen molar-refractivity contribution in [2.45, 2.75) is 13.3 Å². The molecule has 0 aromatic heterocycles. The lowest BCUT2D eigenvalue weighted by molar-refractivity contribution is -0.131. The van der Waals surface area contributed by atoms with Crippen LogP contribution < -0.4 is 4.74 Å². The molecule has 102 valence electrons. The normalized spacial score (nSPS) is 12.0. The minimum Gasteiger partial charge on any atom is -0.426 e. The third-order valence-corrected chi connectivity index (χ3v) is 4.01. The lowest BCUT2D eigenvalue weighted by Gasteiger charge is -2.11. The minimum atomic E-state index is -0.282. The van der Waals surface area contributed by atoms with Crippen molar-refractivity contribution in [2.75, 3.05) is 0 Å². The van der Waals surface area contributed by atoms with E-state index >= 15 is 0 Å². The molecule has 0 atom stereocenters. The Morgan fingerprint density at radius 1 is 0.952 bits per heavy atom. The van der Waals surface area contributed by atoms with Gasteiger partial charge in [0, 0.05) is 12.3 Å². The summed E-state index contributed by atoms with van der Waals surface area (Å²) in [7, 11) is 0. The van der Waals surface area contributed by atoms with Gasteiger partial charge in [-0.05, 0) is 40.1 Å². The maximum atomic E-state index is 11.4. The summed E-state index contributed by atoms with van der Waals surface area (Å²) in [5.74, 6) is 0.375. The van der Waals surface area contributed by atoms with Crippen LogP contribution in [0.3, 0.4) is 0 Å². The molecule has 4 rings (SSSR count). The van der Waals surface area contributed by atoms with Crippen molar-refractivity contribution in [2.24, 2.45) is 0 Å². The molecular weight excluding hydrogens is 260 g/mol. The van der Waals surface area contributed by atoms with E-state index < -0.39 is 0 Å². The van der Waals surface area contributed by atoms with Gasteiger partial charge < -0.3 is 4.74 Å². The van der Waals surface area contributed by atoms with Crippen LogP contribution in [-0.2, 0) is 11.2 Å². The molecule has 0 saturated heterocycles. The van der Waals surface area contributed by atoms with Gasteiger partial charge in [-0.15, -0.1) is 0 Å². The summed E-state index contributed by atoms with van der Waals surface area (Å²) in [5, 5.41) is 2.14. The van der Waals surface area contributed by atoms with Gasteiger partial charge in [-0.1, -0.05) is 48.5 Å². The molecule has 0 heterocycles. The summed E-state index contributed by atoms with van der Waals surface area (Å²) in [6.07, 6.45) is 0.893. The fourth-order valence-electron chi connectivity index (χ4n) is 3.22. The maximum absolute atomic E-state index is 11.4. The van der Waals surface area contributed by atoms with Crippen LogP contribution in [0, 0.1) is 0 Å². The van der Waals surface area contributed by atoms with Crippen LogP contribution >= 0.6 is 0 Å². The molecule has 2 nitrogen and oxygen atoms in total. The zero-order chi connectivity index (χ0) is 14.4. The number of fused-ring (bicyclic) bond motifs is 5. The Balaban J connectivity index is 2.06. The largest absolute Gasteiger partial charge is 0.426 e. The van der Waals surface area contributed by atoms with Crippen LogP contribution in [0.4, 0.5) is 0 Å². The van der Waals surface area contributed by atoms with Crippen molar-refractivity contribution in [1.82, 2.24) is 0 Å². The maximum Gasteiger partial charge on any atom is 0.308 e. The molecule has 3 aromatic carbocycles. The van der Waals surface area contributed by atoms with Gasteiger partial charge in [0.05, 0.1) is 0 Å². The van der Waals surface area contributed by atoms with Crippen molar-refractivity contribution in [3.63, 3.8) is 0 Å². The molecule has 1 aliphatic carbocycles. The van der Waals surface area contributed by atoms with Crippen molar-refractivity contribution in [3.05, 3.63) is 65.7 Å². The van der Waals surface area contributed by atoms with Crippen LogP contribution in [0.15, 0.2) is 54.6 Å². The van der Waals surface area contributed by atoms with Gasteiger partial charge in [0.25, 0.3) is 0 Å². The smallest absolute Gasteiger partial charge is 0.308 e. The molecule has 0 N–H and O–H groups in total. The molecule has 0 amide bonds. The first-order valence-corrected chi connectivity index (χ1v) is 7.05. The van der Waals surface area contributed by atoms with Gasteiger partial charge in [0.2, 0.25) is 0 Å². The average molecular weight is 274 g/mol. The van der Waals surface area contributed by atoms with E-state index in [2.05, 4.69) is 30.3 Å². The molecule has 21 heavy (non-hydrogen) atoms. The van der Waals surface area contributed by atoms with Crippen LogP contribution in [-0.4, -0.2) is 5.97 Å². The molecule has 0 bridgehead atoms. The number of ether oxygens (including phenoxy) is 1. The van der Waals surface area contributed by atoms with E-state index in [1.807, 2.05) is 24.3 Å². The van der Waals surface area contributed by atoms with E-state index in [1.54, 1.807) is 0 Å². The van der Waals surface area contributed by atoms with Gasteiger partial charge in [-0.25, -0.2) is 0 Å². The second kappa shape index (κ2) is 4.45. The van der Waals surface area contributed by atoms with Gasteiger partial charge in [0.1, 0.15) is 5.75 Å². The Morgan fingerprint density at radius 2 is 1.67 bits per heavy atom. The number of carbonyl (C=O) groups excluding carboxylic acids is 1. The standard InChI is InChI=1S/C19H14O2/c1-12(20)21-18-11-14-10-13-6-2-3-7-15(13)19(14)17-9-5-4-8-16(17)18/h2-9,11H,10H2,1H3. The van der Waals surface area contributed by atoms with Crippen molar-refractivity contribution < 1.29 is 9.53 Å². The number of benzene rings is 3. The number of esters is 1. The lowest BCUT2D eigenvalue weighted by atomic mass is 9.97. The van der Waals surface area contributed by atoms with Crippen LogP contribution in [0.2, 0.25) is 0 Å². The van der Waals surface area contributed by atoms with E-state index in [9.17, 15) is 4.79 Å². The van der Waals surface area contributed by atoms with Gasteiger partial charge in [-0.2, -0.15) is 0 Å². The van der Waals surface area contributed by atoms with E-state index in [-0.39, 0.29) is 5.97 Å². The Morgan fingerprint density at radius 3 is 2.48 bits per heavy atom. The highest BCUT2D eigenvalue weighted by Crippen LogP contribution is 2.44. The van der Waals surface area contributed by atoms with E-state index in [0.29, 0.717) is 5.75 Å². The van der Waals surface area contributed by atoms with Crippen LogP contribution in [0.5, 0.6) is 5.75 Å². The second-order valence-corrected chi connectivity index (χ2v) is 5.38. The first kappa shape index (κ1) is 12.2. The molecule has 0 radical (unpaired) electrons. The lowest BCUT2D eigenvalue weighted by Crippen LogP contribution is -2.02. The highest BCUT2D eigenvalue weighted by Gasteiger charge is 2.22. The summed E-state index contributed by atoms with van der Waals surface area (Å²) < 4.78 is 5.41. The van der Waals surface area contributed by atoms with Crippen molar-refractivity contribution in [3.8, 4) is 16.9 Å². The van der Waals surface area contributed by atoms with Gasteiger partial charge in [-0.3, -0.25) is 4.79 Å². The first-order chi connectivity index (χ1) is 10.2. The predicted molar refractivity (Wildman–Crippen MR) is 83.5 cm³/mol. The van der Waals surface area contributed by atoms with Crippen LogP contribution in [0.1, 0.15) is 18.1 Å². The Kier molecular flexibility index (Phi) is 2.58. The van der Waals surface area contributed by atoms with E-state index in [4.69, 9.17) is 4.74 Å². The summed E-state index contributed by atoms with van der Waals surface area (Å²) in [6, 6.07) is 18.6. The number of rotatable bonds is 1. The number of carbonyl (C=O) groups is 1. The monoisotopic (exact) mass is 274 g/mol. The topological polar surface area (TPSA) is 26.3 Å². The molecule has 3 aromatic rings. The van der Waals surface area contributed by atoms with Gasteiger partial charge in [0.15, 0.2) is 0 Å². The quantitative estimate of drug-likeness (QED) is 0.381. The zero-order valence-electron chi connectivity index (χ0n) is 11.7. The summed E-state index contributed by atoms with van der Waals surface area (Å²) in [4.78, 5) is 11.4. The summed E-state index contributed by atoms with van der Waals surface area (Å²) >= 11 is 0. The Labute approximate surface area is 123 Å². The van der Waals surface area contributed by atoms with Crippen LogP contribution in [0.25, 0.3) is 21.9 Å². The third kappa shape index (κ3) is 1.83.